The summed E-state index contributed by atoms with van der Waals surface area (Å²) in [6, 6.07) is 19.7. The van der Waals surface area contributed by atoms with Gasteiger partial charge in [-0.15, -0.1) is 11.3 Å². The van der Waals surface area contributed by atoms with Crippen molar-refractivity contribution in [2.75, 3.05) is 0 Å². The Morgan fingerprint density at radius 2 is 1.41 bits per heavy atom. The first-order chi connectivity index (χ1) is 12.8. The van der Waals surface area contributed by atoms with E-state index < -0.39 is 22.7 Å². The first kappa shape index (κ1) is 18.8. The Labute approximate surface area is 157 Å². The van der Waals surface area contributed by atoms with Crippen molar-refractivity contribution in [2.45, 2.75) is 12.7 Å². The molecule has 3 aromatic rings. The first-order valence-corrected chi connectivity index (χ1v) is 8.80. The van der Waals surface area contributed by atoms with Crippen LogP contribution in [-0.4, -0.2) is 17.9 Å². The number of hydrogen-bond acceptors (Lipinski definition) is 3. The van der Waals surface area contributed by atoms with Crippen LogP contribution in [0.2, 0.25) is 0 Å². The Morgan fingerprint density at radius 1 is 0.815 bits per heavy atom. The summed E-state index contributed by atoms with van der Waals surface area (Å²) in [5.74, 6) is -2.46. The molecule has 1 aromatic heterocycles. The van der Waals surface area contributed by atoms with Crippen molar-refractivity contribution in [3.63, 3.8) is 0 Å². The number of carbonyl (C=O) groups is 2. The van der Waals surface area contributed by atoms with Crippen LogP contribution in [0.3, 0.4) is 0 Å². The van der Waals surface area contributed by atoms with E-state index in [1.807, 2.05) is 54.6 Å². The van der Waals surface area contributed by atoms with Gasteiger partial charge in [0.2, 0.25) is 0 Å². The summed E-state index contributed by atoms with van der Waals surface area (Å²) in [6.07, 6.45) is -4.95. The number of nitrogens with one attached hydrogen (secondary N) is 1. The highest BCUT2D eigenvalue weighted by Gasteiger charge is 2.40. The van der Waals surface area contributed by atoms with Gasteiger partial charge in [-0.1, -0.05) is 54.6 Å². The quantitative estimate of drug-likeness (QED) is 0.618. The molecule has 1 heterocycles. The third-order valence-electron chi connectivity index (χ3n) is 3.83. The van der Waals surface area contributed by atoms with Crippen LogP contribution >= 0.6 is 11.3 Å². The number of hydrogen-bond donors (Lipinski definition) is 1. The summed E-state index contributed by atoms with van der Waals surface area (Å²) in [7, 11) is 0. The van der Waals surface area contributed by atoms with Crippen LogP contribution in [0.15, 0.2) is 66.7 Å². The molecule has 0 aliphatic rings. The Kier molecular flexibility index (Phi) is 5.41. The number of thiophene rings is 1. The van der Waals surface area contributed by atoms with Gasteiger partial charge in [0.05, 0.1) is 9.75 Å². The molecule has 0 bridgehead atoms. The smallest absolute Gasteiger partial charge is 0.347 e. The van der Waals surface area contributed by atoms with E-state index >= 15 is 0 Å². The lowest BCUT2D eigenvalue weighted by Crippen LogP contribution is -2.22. The summed E-state index contributed by atoms with van der Waals surface area (Å²) in [6.45, 7) is 0.231. The number of benzene rings is 2. The summed E-state index contributed by atoms with van der Waals surface area (Å²) in [5, 5.41) is 2.64. The van der Waals surface area contributed by atoms with Crippen LogP contribution in [0, 0.1) is 0 Å². The van der Waals surface area contributed by atoms with Gasteiger partial charge >= 0.3 is 6.18 Å². The van der Waals surface area contributed by atoms with E-state index in [1.54, 1.807) is 0 Å². The van der Waals surface area contributed by atoms with E-state index in [1.165, 1.54) is 6.07 Å². The molecule has 0 aliphatic heterocycles. The molecule has 2 aromatic carbocycles. The van der Waals surface area contributed by atoms with Gasteiger partial charge in [0.15, 0.2) is 0 Å². The lowest BCUT2D eigenvalue weighted by atomic mass is 10.0. The van der Waals surface area contributed by atoms with E-state index in [-0.39, 0.29) is 11.4 Å². The lowest BCUT2D eigenvalue weighted by molar-refractivity contribution is -0.0882. The number of Topliss-reactive ketones (excluding diaryl/α,β-unsaturated/α-hetero) is 1. The summed E-state index contributed by atoms with van der Waals surface area (Å²) in [4.78, 5) is 22.8. The number of halogens is 3. The van der Waals surface area contributed by atoms with Gasteiger partial charge in [0.25, 0.3) is 11.7 Å². The molecule has 0 radical (unpaired) electrons. The maximum atomic E-state index is 12.4. The third-order valence-corrected chi connectivity index (χ3v) is 4.91. The van der Waals surface area contributed by atoms with Crippen molar-refractivity contribution < 1.29 is 22.8 Å². The van der Waals surface area contributed by atoms with Crippen molar-refractivity contribution >= 4 is 23.0 Å². The minimum absolute atomic E-state index is 0.0588. The average Bonchev–Trinajstić information content (AvgIpc) is 3.16. The minimum atomic E-state index is -4.95. The molecule has 0 saturated heterocycles. The summed E-state index contributed by atoms with van der Waals surface area (Å²) >= 11 is 0.529. The van der Waals surface area contributed by atoms with Crippen LogP contribution in [0.5, 0.6) is 0 Å². The second kappa shape index (κ2) is 7.75. The molecule has 7 heteroatoms. The molecule has 27 heavy (non-hydrogen) atoms. The van der Waals surface area contributed by atoms with E-state index in [2.05, 4.69) is 5.32 Å². The number of rotatable bonds is 5. The molecular formula is C20H14F3NO2S. The molecule has 138 valence electrons. The number of ketones is 1. The van der Waals surface area contributed by atoms with Crippen molar-refractivity contribution in [2.24, 2.45) is 0 Å². The van der Waals surface area contributed by atoms with Gasteiger partial charge < -0.3 is 5.32 Å². The van der Waals surface area contributed by atoms with E-state index in [0.717, 1.165) is 22.8 Å². The zero-order chi connectivity index (χ0) is 19.4. The first-order valence-electron chi connectivity index (χ1n) is 7.98. The van der Waals surface area contributed by atoms with Crippen molar-refractivity contribution in [1.82, 2.24) is 5.32 Å². The molecule has 0 unspecified atom stereocenters. The molecule has 3 rings (SSSR count). The Balaban J connectivity index is 1.61. The summed E-state index contributed by atoms with van der Waals surface area (Å²) in [5.41, 5.74) is 2.97. The molecule has 3 nitrogen and oxygen atoms in total. The summed E-state index contributed by atoms with van der Waals surface area (Å²) < 4.78 is 37.3. The number of alkyl halides is 3. The molecule has 0 saturated carbocycles. The van der Waals surface area contributed by atoms with Crippen LogP contribution in [0.25, 0.3) is 11.1 Å². The van der Waals surface area contributed by atoms with Crippen molar-refractivity contribution in [3.8, 4) is 11.1 Å². The molecule has 0 spiro atoms. The van der Waals surface area contributed by atoms with Crippen LogP contribution in [-0.2, 0) is 6.54 Å². The van der Waals surface area contributed by atoms with E-state index in [9.17, 15) is 22.8 Å². The predicted molar refractivity (Wildman–Crippen MR) is 97.8 cm³/mol. The Hall–Kier alpha value is -2.93. The minimum Gasteiger partial charge on any atom is -0.347 e. The average molecular weight is 389 g/mol. The topological polar surface area (TPSA) is 46.2 Å². The van der Waals surface area contributed by atoms with E-state index in [0.29, 0.717) is 11.3 Å². The molecule has 0 fully saturated rings. The molecule has 1 N–H and O–H groups in total. The zero-order valence-corrected chi connectivity index (χ0v) is 14.7. The van der Waals surface area contributed by atoms with Gasteiger partial charge in [-0.05, 0) is 28.8 Å². The largest absolute Gasteiger partial charge is 0.455 e. The maximum absolute atomic E-state index is 12.4. The van der Waals surface area contributed by atoms with Crippen LogP contribution in [0.1, 0.15) is 24.9 Å². The van der Waals surface area contributed by atoms with E-state index in [4.69, 9.17) is 0 Å². The van der Waals surface area contributed by atoms with Crippen molar-refractivity contribution in [1.29, 1.82) is 0 Å². The molecule has 0 aliphatic carbocycles. The normalized spacial score (nSPS) is 11.2. The third kappa shape index (κ3) is 4.62. The van der Waals surface area contributed by atoms with Gasteiger partial charge in [-0.25, -0.2) is 0 Å². The van der Waals surface area contributed by atoms with Crippen molar-refractivity contribution in [3.05, 3.63) is 82.0 Å². The highest BCUT2D eigenvalue weighted by Crippen LogP contribution is 2.26. The molecule has 0 atom stereocenters. The molecular weight excluding hydrogens is 375 g/mol. The fraction of sp³-hybridized carbons (Fsp3) is 0.100. The zero-order valence-electron chi connectivity index (χ0n) is 13.9. The fourth-order valence-electron chi connectivity index (χ4n) is 2.44. The van der Waals surface area contributed by atoms with Gasteiger partial charge in [-0.2, -0.15) is 13.2 Å². The van der Waals surface area contributed by atoms with Gasteiger partial charge in [0, 0.05) is 6.54 Å². The second-order valence-corrected chi connectivity index (χ2v) is 6.82. The second-order valence-electron chi connectivity index (χ2n) is 5.74. The Morgan fingerprint density at radius 3 is 2.04 bits per heavy atom. The fourth-order valence-corrected chi connectivity index (χ4v) is 3.32. The monoisotopic (exact) mass is 389 g/mol. The Bertz CT molecular complexity index is 947. The molecule has 1 amide bonds. The highest BCUT2D eigenvalue weighted by atomic mass is 32.1. The van der Waals surface area contributed by atoms with Crippen LogP contribution < -0.4 is 5.32 Å². The predicted octanol–water partition coefficient (Wildman–Crippen LogP) is 5.09. The lowest BCUT2D eigenvalue weighted by Gasteiger charge is -2.06. The van der Waals surface area contributed by atoms with Gasteiger partial charge in [0.1, 0.15) is 0 Å². The maximum Gasteiger partial charge on any atom is 0.455 e. The number of amides is 1. The number of carbonyl (C=O) groups excluding carboxylic acids is 2. The van der Waals surface area contributed by atoms with Crippen LogP contribution in [0.4, 0.5) is 13.2 Å². The highest BCUT2D eigenvalue weighted by molar-refractivity contribution is 7.16. The standard InChI is InChI=1S/C20H14F3NO2S/c21-20(22,23)18(25)16-10-11-17(27-16)19(26)24-12-13-6-8-15(9-7-13)14-4-2-1-3-5-14/h1-11H,12H2,(H,24,26). The van der Waals surface area contributed by atoms with Gasteiger partial charge in [-0.3, -0.25) is 9.59 Å². The SMILES string of the molecule is O=C(NCc1ccc(-c2ccccc2)cc1)c1ccc(C(=O)C(F)(F)F)s1.